The van der Waals surface area contributed by atoms with Crippen LogP contribution in [0.15, 0.2) is 77.7 Å². The number of hydrogen-bond acceptors (Lipinski definition) is 23. The molecule has 5 aliphatic heterocycles. The fourth-order valence-corrected chi connectivity index (χ4v) is 17.4. The molecule has 3 aromatic carbocycles. The Labute approximate surface area is 716 Å². The van der Waals surface area contributed by atoms with Crippen molar-refractivity contribution < 1.29 is 23.3 Å². The number of carbonyl (C=O) groups excluding carboxylic acids is 3. The predicted octanol–water partition coefficient (Wildman–Crippen LogP) is 16.7. The molecule has 0 atom stereocenters. The first-order valence-corrected chi connectivity index (χ1v) is 42.7. The van der Waals surface area contributed by atoms with E-state index in [9.17, 15) is 14.4 Å². The Morgan fingerprint density at radius 1 is 0.508 bits per heavy atom. The van der Waals surface area contributed by atoms with Crippen LogP contribution in [0.1, 0.15) is 212 Å². The Balaban J connectivity index is 0.000000156. The van der Waals surface area contributed by atoms with Crippen molar-refractivity contribution in [1.82, 2.24) is 100 Å². The number of nitrogens with zero attached hydrogens (tertiary/aromatic N) is 17. The average molecular weight is 1700 g/mol. The number of anilines is 10. The van der Waals surface area contributed by atoms with Gasteiger partial charge >= 0.3 is 11.8 Å². The van der Waals surface area contributed by atoms with Crippen LogP contribution >= 0.6 is 34.8 Å². The fourth-order valence-electron chi connectivity index (χ4n) is 17.0. The van der Waals surface area contributed by atoms with Crippen molar-refractivity contribution in [2.45, 2.75) is 196 Å². The van der Waals surface area contributed by atoms with Crippen LogP contribution in [0.4, 0.5) is 62.6 Å². The Kier molecular flexibility index (Phi) is 27.9. The molecular formula is C87H113Cl3FN25O4. The van der Waals surface area contributed by atoms with Gasteiger partial charge in [-0.1, -0.05) is 72.0 Å². The lowest BCUT2D eigenvalue weighted by atomic mass is 9.79. The molecule has 33 heteroatoms. The van der Waals surface area contributed by atoms with E-state index < -0.39 is 0 Å². The lowest BCUT2D eigenvalue weighted by molar-refractivity contribution is -0.139. The zero-order valence-electron chi connectivity index (χ0n) is 71.5. The van der Waals surface area contributed by atoms with E-state index in [1.165, 1.54) is 46.0 Å². The predicted molar refractivity (Wildman–Crippen MR) is 469 cm³/mol. The molecule has 0 bridgehead atoms. The van der Waals surface area contributed by atoms with Gasteiger partial charge in [-0.05, 0) is 234 Å². The van der Waals surface area contributed by atoms with Crippen molar-refractivity contribution >= 4 is 111 Å². The molecule has 120 heavy (non-hydrogen) atoms. The van der Waals surface area contributed by atoms with Crippen molar-refractivity contribution in [3.05, 3.63) is 179 Å². The molecule has 12 heterocycles. The number of piperazine rings is 1. The second kappa shape index (κ2) is 38.2. The monoisotopic (exact) mass is 1700 g/mol. The van der Waals surface area contributed by atoms with Crippen LogP contribution in [0.3, 0.4) is 0 Å². The molecule has 0 spiro atoms. The first kappa shape index (κ1) is 87.6. The van der Waals surface area contributed by atoms with Crippen molar-refractivity contribution in [1.29, 1.82) is 0 Å². The van der Waals surface area contributed by atoms with Crippen molar-refractivity contribution in [2.24, 2.45) is 0 Å². The maximum Gasteiger partial charge on any atom is 0.316 e. The number of H-pyrrole nitrogens is 3. The van der Waals surface area contributed by atoms with E-state index in [0.717, 1.165) is 130 Å². The van der Waals surface area contributed by atoms with Gasteiger partial charge in [0.1, 0.15) is 26.7 Å². The molecule has 0 radical (unpaired) electrons. The lowest BCUT2D eigenvalue weighted by Crippen LogP contribution is -2.61. The average Bonchev–Trinajstić information content (AvgIpc) is 0.897. The zero-order chi connectivity index (χ0) is 85.4. The third-order valence-corrected chi connectivity index (χ3v) is 24.7. The molecule has 638 valence electrons. The SMILES string of the molecule is Cc1cc(Nc2nc(Cc3cc(C)c(C4CCN(C(=O)CN5C(C)(C)CCCC5(C)C)CC4)cc3C)ncc2Cl)n[nH]1.Cc1cc(Nc2nc(Nc3cc(C)c(C4CCN(C(=O)CN5CCN(C)CC5)CC4)cc3F)ncc2Cl)n[nH]1.Cc1cc(Nc2nc(Nc3cc(C)c(C4CCN(C(=O)c5nc(C(C)C)no5)CC4)cc3C)ncc2Cl)n[nH]1. The molecule has 5 fully saturated rings. The number of likely N-dealkylation sites (N-methyl/N-ethyl adjacent to an activating group) is 1. The second-order valence-corrected chi connectivity index (χ2v) is 35.6. The van der Waals surface area contributed by atoms with Crippen LogP contribution in [0.2, 0.25) is 15.1 Å². The van der Waals surface area contributed by atoms with Gasteiger partial charge in [0.25, 0.3) is 0 Å². The largest absolute Gasteiger partial charge is 0.342 e. The number of likely N-dealkylation sites (tertiary alicyclic amines) is 4. The number of piperidine rings is 4. The minimum Gasteiger partial charge on any atom is -0.342 e. The van der Waals surface area contributed by atoms with Crippen LogP contribution in [-0.4, -0.2) is 214 Å². The van der Waals surface area contributed by atoms with E-state index in [4.69, 9.17) is 44.3 Å². The number of halogens is 4. The van der Waals surface area contributed by atoms with Gasteiger partial charge in [0.15, 0.2) is 40.7 Å². The Morgan fingerprint density at radius 3 is 1.42 bits per heavy atom. The number of rotatable bonds is 21. The number of aromatic nitrogens is 14. The first-order valence-electron chi connectivity index (χ1n) is 41.6. The van der Waals surface area contributed by atoms with Crippen LogP contribution in [-0.2, 0) is 16.0 Å². The molecule has 5 saturated heterocycles. The van der Waals surface area contributed by atoms with Gasteiger partial charge in [0.05, 0.1) is 37.4 Å². The topological polar surface area (TPSA) is 333 Å². The molecule has 0 aliphatic carbocycles. The van der Waals surface area contributed by atoms with Gasteiger partial charge in [-0.3, -0.25) is 39.5 Å². The number of aromatic amines is 3. The van der Waals surface area contributed by atoms with Gasteiger partial charge in [0.2, 0.25) is 23.7 Å². The normalized spacial score (nSPS) is 17.0. The number of nitrogens with one attached hydrogen (secondary N) is 8. The van der Waals surface area contributed by atoms with Crippen LogP contribution in [0.5, 0.6) is 0 Å². The Hall–Kier alpha value is -10.2. The van der Waals surface area contributed by atoms with Crippen LogP contribution < -0.4 is 26.6 Å². The van der Waals surface area contributed by atoms with E-state index in [1.54, 1.807) is 29.4 Å². The molecule has 3 amide bonds. The molecule has 7 aromatic heterocycles. The van der Waals surface area contributed by atoms with Gasteiger partial charge in [-0.2, -0.15) is 30.2 Å². The number of aryl methyl sites for hydroxylation is 8. The Morgan fingerprint density at radius 2 is 0.942 bits per heavy atom. The second-order valence-electron chi connectivity index (χ2n) is 34.4. The third kappa shape index (κ3) is 21.9. The summed E-state index contributed by atoms with van der Waals surface area (Å²) < 4.78 is 20.5. The van der Waals surface area contributed by atoms with Gasteiger partial charge in [-0.25, -0.2) is 24.3 Å². The van der Waals surface area contributed by atoms with Crippen molar-refractivity contribution in [3.8, 4) is 0 Å². The summed E-state index contributed by atoms with van der Waals surface area (Å²) >= 11 is 18.9. The highest BCUT2D eigenvalue weighted by molar-refractivity contribution is 6.33. The summed E-state index contributed by atoms with van der Waals surface area (Å²) in [5, 5.41) is 41.9. The van der Waals surface area contributed by atoms with E-state index in [1.807, 2.05) is 64.6 Å². The molecule has 0 unspecified atom stereocenters. The van der Waals surface area contributed by atoms with Gasteiger partial charge in [0, 0.05) is 130 Å². The molecule has 15 rings (SSSR count). The fraction of sp³-hybridized carbons (Fsp3) is 0.494. The van der Waals surface area contributed by atoms with Gasteiger partial charge < -0.3 is 50.7 Å². The maximum atomic E-state index is 15.2. The zero-order valence-corrected chi connectivity index (χ0v) is 73.8. The summed E-state index contributed by atoms with van der Waals surface area (Å²) in [6.07, 6.45) is 14.2. The Bertz CT molecular complexity index is 5250. The third-order valence-electron chi connectivity index (χ3n) is 23.9. The minimum atomic E-state index is -0.375. The summed E-state index contributed by atoms with van der Waals surface area (Å²) in [6, 6.07) is 17.9. The summed E-state index contributed by atoms with van der Waals surface area (Å²) in [5.74, 6) is 6.26. The smallest absolute Gasteiger partial charge is 0.316 e. The quantitative estimate of drug-likeness (QED) is 0.0331. The van der Waals surface area contributed by atoms with E-state index in [2.05, 4.69) is 199 Å². The highest BCUT2D eigenvalue weighted by Gasteiger charge is 2.43. The maximum absolute atomic E-state index is 15.2. The van der Waals surface area contributed by atoms with Crippen molar-refractivity contribution in [2.75, 3.05) is 112 Å². The number of benzene rings is 3. The first-order chi connectivity index (χ1) is 57.2. The number of hydrogen-bond donors (Lipinski definition) is 8. The van der Waals surface area contributed by atoms with Crippen LogP contribution in [0, 0.1) is 61.2 Å². The van der Waals surface area contributed by atoms with Crippen molar-refractivity contribution in [3.63, 3.8) is 0 Å². The lowest BCUT2D eigenvalue weighted by Gasteiger charge is -2.53. The van der Waals surface area contributed by atoms with E-state index in [-0.39, 0.29) is 58.3 Å². The molecule has 29 nitrogen and oxygen atoms in total. The van der Waals surface area contributed by atoms with Crippen LogP contribution in [0.25, 0.3) is 0 Å². The number of amides is 3. The summed E-state index contributed by atoms with van der Waals surface area (Å²) in [5.41, 5.74) is 14.7. The highest BCUT2D eigenvalue weighted by atomic mass is 35.5. The summed E-state index contributed by atoms with van der Waals surface area (Å²) in [7, 11) is 2.11. The van der Waals surface area contributed by atoms with E-state index in [0.29, 0.717) is 131 Å². The van der Waals surface area contributed by atoms with Gasteiger partial charge in [-0.15, -0.1) is 0 Å². The minimum absolute atomic E-state index is 0.0555. The molecular weight excluding hydrogens is 1580 g/mol. The molecule has 8 N–H and O–H groups in total. The molecule has 5 aliphatic rings. The highest BCUT2D eigenvalue weighted by Crippen LogP contribution is 2.41. The summed E-state index contributed by atoms with van der Waals surface area (Å²) in [6.45, 7) is 38.6. The van der Waals surface area contributed by atoms with E-state index >= 15 is 4.39 Å². The molecule has 0 saturated carbocycles. The standard InChI is InChI=1S/C33H46ClN7O.C27H35ClFN9O.C27H32ClN9O2/c1-21-16-26(24-9-13-40(14-10-24)30(42)20-41-32(4,5)11-8-12-33(41,6)7)22(2)15-25(21)18-28-35-19-27(34)31(36-28)37-29-17-23(3)38-39-29;1-17-12-23(31-27-30-15-21(28)26(33-27)32-24-13-18(2)34-35-24)22(29)14-20(17)19-4-6-38(7-5-19)25(39)16-37-10-8-36(3)9-11-37;1-14(2)23-32-25(39-36-23)26(38)37-8-6-18(7-9-37)19-10-16(4)21(11-15(19)3)30-27-29-13-20(28)24(33-27)31-22-12-17(5)34-35-22/h15-17,19,24H,8-14,18,20H2,1-7H3,(H2,35,36,37,38,39);12-15,19H,4-11,16H2,1-3H3,(H3,30,31,32,33,34,35);10-14,18H,6-9H2,1-5H3,(H3,29,30,31,33,34,35). The number of carbonyl (C=O) groups is 3. The summed E-state index contributed by atoms with van der Waals surface area (Å²) in [4.78, 5) is 82.9. The molecule has 10 aromatic rings.